The van der Waals surface area contributed by atoms with Crippen molar-refractivity contribution >= 4 is 34.5 Å². The summed E-state index contributed by atoms with van der Waals surface area (Å²) in [4.78, 5) is 46.1. The number of anilines is 2. The van der Waals surface area contributed by atoms with Crippen LogP contribution in [0.2, 0.25) is 0 Å². The van der Waals surface area contributed by atoms with Crippen molar-refractivity contribution in [2.24, 2.45) is 0 Å². The Labute approximate surface area is 210 Å². The number of halogens is 1. The minimum absolute atomic E-state index is 0.143. The van der Waals surface area contributed by atoms with Crippen molar-refractivity contribution in [2.45, 2.75) is 19.1 Å². The molecule has 5 rings (SSSR count). The molecular weight excluding hydrogens is 487 g/mol. The quantitative estimate of drug-likeness (QED) is 0.403. The van der Waals surface area contributed by atoms with E-state index in [0.29, 0.717) is 43.7 Å². The van der Waals surface area contributed by atoms with Gasteiger partial charge in [-0.2, -0.15) is 0 Å². The number of nitrogens with one attached hydrogen (secondary N) is 2. The maximum atomic E-state index is 14.8. The molecule has 2 amide bonds. The molecule has 0 saturated carbocycles. The first kappa shape index (κ1) is 24.6. The lowest BCUT2D eigenvalue weighted by Crippen LogP contribution is -2.33. The van der Waals surface area contributed by atoms with Crippen molar-refractivity contribution in [1.82, 2.24) is 19.9 Å². The van der Waals surface area contributed by atoms with E-state index in [9.17, 15) is 18.8 Å². The number of nitrogens with zero attached hydrogens (tertiary/aromatic N) is 4. The smallest absolute Gasteiger partial charge is 0.416 e. The summed E-state index contributed by atoms with van der Waals surface area (Å²) < 4.78 is 32.1. The van der Waals surface area contributed by atoms with Crippen LogP contribution in [-0.2, 0) is 27.2 Å². The molecular formula is C24H25FN6O6. The lowest BCUT2D eigenvalue weighted by Gasteiger charge is -2.18. The van der Waals surface area contributed by atoms with Gasteiger partial charge >= 0.3 is 6.09 Å². The third-order valence-electron chi connectivity index (χ3n) is 6.12. The number of carbonyl (C=O) groups is 2. The van der Waals surface area contributed by atoms with E-state index in [4.69, 9.17) is 14.2 Å². The number of ether oxygens (including phenoxy) is 3. The van der Waals surface area contributed by atoms with E-state index in [1.165, 1.54) is 27.8 Å². The van der Waals surface area contributed by atoms with Gasteiger partial charge < -0.3 is 29.4 Å². The Morgan fingerprint density at radius 1 is 1.24 bits per heavy atom. The third kappa shape index (κ3) is 5.08. The van der Waals surface area contributed by atoms with Crippen LogP contribution in [0.5, 0.6) is 5.88 Å². The summed E-state index contributed by atoms with van der Waals surface area (Å²) in [6.45, 7) is 1.42. The summed E-state index contributed by atoms with van der Waals surface area (Å²) in [5, 5.41) is 6.52. The van der Waals surface area contributed by atoms with Crippen LogP contribution >= 0.6 is 0 Å². The lowest BCUT2D eigenvalue weighted by molar-refractivity contribution is -0.118. The standard InChI is InChI=1S/C24H25FN6O6/c1-35-9-8-30-20(33)5-3-14-2-4-17(25)16(21(14)30)6-7-26-10-15-12-31(24(34)37-15)18-11-27-23-22(28-18)29-19(32)13-36-23/h2-5,11,15,26H,6-10,12-13H2,1H3,(H,28,29,32)/t15-/m0/s1. The molecule has 1 fully saturated rings. The fourth-order valence-electron chi connectivity index (χ4n) is 4.37. The third-order valence-corrected chi connectivity index (χ3v) is 6.12. The number of fused-ring (bicyclic) bond motifs is 2. The van der Waals surface area contributed by atoms with Crippen LogP contribution in [0.4, 0.5) is 20.8 Å². The van der Waals surface area contributed by atoms with Gasteiger partial charge in [0, 0.05) is 31.8 Å². The van der Waals surface area contributed by atoms with Crippen LogP contribution in [0.3, 0.4) is 0 Å². The average Bonchev–Trinajstić information content (AvgIpc) is 3.26. The average molecular weight is 512 g/mol. The minimum atomic E-state index is -0.591. The number of pyridine rings is 1. The van der Waals surface area contributed by atoms with E-state index in [1.807, 2.05) is 0 Å². The second-order valence-corrected chi connectivity index (χ2v) is 8.57. The van der Waals surface area contributed by atoms with E-state index in [0.717, 1.165) is 5.39 Å². The Morgan fingerprint density at radius 2 is 2.08 bits per heavy atom. The molecule has 0 unspecified atom stereocenters. The van der Waals surface area contributed by atoms with Crippen molar-refractivity contribution in [3.05, 3.63) is 52.2 Å². The summed E-state index contributed by atoms with van der Waals surface area (Å²) in [6.07, 6.45) is 0.625. The fourth-order valence-corrected chi connectivity index (χ4v) is 4.37. The molecule has 2 N–H and O–H groups in total. The molecule has 37 heavy (non-hydrogen) atoms. The summed E-state index contributed by atoms with van der Waals surface area (Å²) in [6, 6.07) is 6.20. The Balaban J connectivity index is 1.22. The van der Waals surface area contributed by atoms with E-state index < -0.39 is 18.0 Å². The van der Waals surface area contributed by atoms with Gasteiger partial charge in [-0.25, -0.2) is 19.2 Å². The van der Waals surface area contributed by atoms with Gasteiger partial charge in [0.15, 0.2) is 18.2 Å². The number of cyclic esters (lactones) is 1. The van der Waals surface area contributed by atoms with Gasteiger partial charge in [-0.3, -0.25) is 14.5 Å². The van der Waals surface area contributed by atoms with E-state index in [-0.39, 0.29) is 42.1 Å². The highest BCUT2D eigenvalue weighted by molar-refractivity contribution is 5.94. The first-order valence-corrected chi connectivity index (χ1v) is 11.7. The molecule has 2 aliphatic rings. The van der Waals surface area contributed by atoms with Gasteiger partial charge in [-0.1, -0.05) is 0 Å². The molecule has 4 heterocycles. The largest absolute Gasteiger partial charge is 0.465 e. The number of amides is 2. The van der Waals surface area contributed by atoms with Crippen LogP contribution in [0.15, 0.2) is 35.3 Å². The molecule has 194 valence electrons. The first-order chi connectivity index (χ1) is 17.9. The highest BCUT2D eigenvalue weighted by Crippen LogP contribution is 2.27. The number of hydrogen-bond donors (Lipinski definition) is 2. The minimum Gasteiger partial charge on any atom is -0.465 e. The molecule has 1 saturated heterocycles. The Hall–Kier alpha value is -4.10. The van der Waals surface area contributed by atoms with E-state index in [1.54, 1.807) is 19.2 Å². The van der Waals surface area contributed by atoms with Crippen molar-refractivity contribution in [3.63, 3.8) is 0 Å². The van der Waals surface area contributed by atoms with Crippen LogP contribution in [-0.4, -0.2) is 72.6 Å². The van der Waals surface area contributed by atoms with Crippen LogP contribution in [0.25, 0.3) is 10.9 Å². The molecule has 0 radical (unpaired) electrons. The first-order valence-electron chi connectivity index (χ1n) is 11.7. The Bertz CT molecular complexity index is 1410. The molecule has 1 aromatic carbocycles. The summed E-state index contributed by atoms with van der Waals surface area (Å²) in [5.41, 5.74) is 0.753. The second-order valence-electron chi connectivity index (χ2n) is 8.57. The molecule has 1 atom stereocenters. The van der Waals surface area contributed by atoms with Crippen molar-refractivity contribution in [3.8, 4) is 5.88 Å². The summed E-state index contributed by atoms with van der Waals surface area (Å²) >= 11 is 0. The lowest BCUT2D eigenvalue weighted by atomic mass is 10.1. The predicted octanol–water partition coefficient (Wildman–Crippen LogP) is 1.07. The van der Waals surface area contributed by atoms with E-state index in [2.05, 4.69) is 20.6 Å². The zero-order chi connectivity index (χ0) is 25.9. The van der Waals surface area contributed by atoms with Crippen molar-refractivity contribution in [2.75, 3.05) is 50.2 Å². The number of carbonyl (C=O) groups excluding carboxylic acids is 2. The van der Waals surface area contributed by atoms with Gasteiger partial charge in [0.25, 0.3) is 17.3 Å². The molecule has 2 aliphatic heterocycles. The fraction of sp³-hybridized carbons (Fsp3) is 0.375. The van der Waals surface area contributed by atoms with Gasteiger partial charge in [-0.15, -0.1) is 0 Å². The molecule has 0 aliphatic carbocycles. The monoisotopic (exact) mass is 512 g/mol. The number of methoxy groups -OCH3 is 1. The molecule has 2 aromatic heterocycles. The maximum Gasteiger partial charge on any atom is 0.416 e. The van der Waals surface area contributed by atoms with Crippen LogP contribution < -0.4 is 25.8 Å². The molecule has 3 aromatic rings. The van der Waals surface area contributed by atoms with Crippen LogP contribution in [0.1, 0.15) is 5.56 Å². The zero-order valence-electron chi connectivity index (χ0n) is 20.0. The Kier molecular flexibility index (Phi) is 6.97. The number of hydrogen-bond acceptors (Lipinski definition) is 9. The van der Waals surface area contributed by atoms with Gasteiger partial charge in [0.05, 0.1) is 24.9 Å². The normalized spacial score (nSPS) is 16.9. The molecule has 0 spiro atoms. The SMILES string of the molecule is COCCn1c(=O)ccc2ccc(F)c(CCNC[C@H]3CN(c4cnc5c(n4)NC(=O)CO5)C(=O)O3)c21. The van der Waals surface area contributed by atoms with Crippen LogP contribution in [0, 0.1) is 5.82 Å². The molecule has 12 nitrogen and oxygen atoms in total. The predicted molar refractivity (Wildman–Crippen MR) is 130 cm³/mol. The van der Waals surface area contributed by atoms with Crippen molar-refractivity contribution < 1.29 is 28.2 Å². The van der Waals surface area contributed by atoms with E-state index >= 15 is 0 Å². The topological polar surface area (TPSA) is 137 Å². The maximum absolute atomic E-state index is 14.8. The van der Waals surface area contributed by atoms with Gasteiger partial charge in [0.1, 0.15) is 11.9 Å². The van der Waals surface area contributed by atoms with Crippen molar-refractivity contribution in [1.29, 1.82) is 0 Å². The highest BCUT2D eigenvalue weighted by atomic mass is 19.1. The summed E-state index contributed by atoms with van der Waals surface area (Å²) in [7, 11) is 1.54. The Morgan fingerprint density at radius 3 is 2.92 bits per heavy atom. The summed E-state index contributed by atoms with van der Waals surface area (Å²) in [5.74, 6) is -0.203. The molecule has 13 heteroatoms. The number of aromatic nitrogens is 3. The number of benzene rings is 1. The number of rotatable bonds is 9. The van der Waals surface area contributed by atoms with Gasteiger partial charge in [0.2, 0.25) is 0 Å². The molecule has 0 bridgehead atoms. The zero-order valence-corrected chi connectivity index (χ0v) is 20.0. The highest BCUT2D eigenvalue weighted by Gasteiger charge is 2.34. The van der Waals surface area contributed by atoms with Gasteiger partial charge in [-0.05, 0) is 36.6 Å². The second kappa shape index (κ2) is 10.5.